The van der Waals surface area contributed by atoms with Crippen LogP contribution in [0.25, 0.3) is 0 Å². The van der Waals surface area contributed by atoms with Crippen LogP contribution in [0.1, 0.15) is 63.9 Å². The summed E-state index contributed by atoms with van der Waals surface area (Å²) in [5.41, 5.74) is 7.29. The van der Waals surface area contributed by atoms with Gasteiger partial charge in [-0.25, -0.2) is 13.6 Å². The summed E-state index contributed by atoms with van der Waals surface area (Å²) >= 11 is 0. The van der Waals surface area contributed by atoms with Gasteiger partial charge in [-0.2, -0.15) is 0 Å². The van der Waals surface area contributed by atoms with E-state index in [9.17, 15) is 13.6 Å². The molecule has 1 saturated heterocycles. The number of ether oxygens (including phenoxy) is 2. The van der Waals surface area contributed by atoms with Gasteiger partial charge < -0.3 is 15.2 Å². The number of urea groups is 1. The predicted octanol–water partition coefficient (Wildman–Crippen LogP) is 6.01. The number of benzene rings is 2. The third kappa shape index (κ3) is 4.72. The van der Waals surface area contributed by atoms with Gasteiger partial charge in [0.15, 0.2) is 23.1 Å². The van der Waals surface area contributed by atoms with E-state index >= 15 is 0 Å². The second-order valence-corrected chi connectivity index (χ2v) is 11.4. The molecule has 2 N–H and O–H groups in total. The molecule has 0 bridgehead atoms. The standard InChI is InChI=1S/C30H39F2N3O3/c1-19-4-7-21(8-5-19)34-15-14-30(20-6-11-26(37-2)27(16-20)38-3)13-12-23(18-28(30)34)35(29(33)36)22-9-10-24(31)25(32)17-22/h6,9-11,16-17,19,21,23,28H,4-5,7-8,12-15,18H2,1-3H3,(H2,33,36)/t19?,21?,23-,28+,30+/m1/s1. The molecule has 2 amide bonds. The Kier molecular flexibility index (Phi) is 7.54. The van der Waals surface area contributed by atoms with Crippen molar-refractivity contribution in [1.82, 2.24) is 4.90 Å². The van der Waals surface area contributed by atoms with Crippen molar-refractivity contribution in [2.24, 2.45) is 11.7 Å². The van der Waals surface area contributed by atoms with Crippen LogP contribution >= 0.6 is 0 Å². The summed E-state index contributed by atoms with van der Waals surface area (Å²) in [6.07, 6.45) is 8.09. The number of carbonyl (C=O) groups is 1. The number of hydrogen-bond donors (Lipinski definition) is 1. The van der Waals surface area contributed by atoms with E-state index in [4.69, 9.17) is 15.2 Å². The van der Waals surface area contributed by atoms with Crippen LogP contribution < -0.4 is 20.1 Å². The minimum atomic E-state index is -0.983. The van der Waals surface area contributed by atoms with Crippen LogP contribution in [0, 0.1) is 17.6 Å². The van der Waals surface area contributed by atoms with Crippen molar-refractivity contribution < 1.29 is 23.0 Å². The lowest BCUT2D eigenvalue weighted by Gasteiger charge is -2.49. The number of anilines is 1. The zero-order valence-corrected chi connectivity index (χ0v) is 22.6. The number of fused-ring (bicyclic) bond motifs is 1. The molecule has 1 aliphatic heterocycles. The number of hydrogen-bond acceptors (Lipinski definition) is 4. The number of nitrogens with two attached hydrogens (primary N) is 1. The van der Waals surface area contributed by atoms with Crippen LogP contribution in [0.15, 0.2) is 36.4 Å². The monoisotopic (exact) mass is 527 g/mol. The van der Waals surface area contributed by atoms with Gasteiger partial charge >= 0.3 is 6.03 Å². The van der Waals surface area contributed by atoms with Gasteiger partial charge in [0.1, 0.15) is 0 Å². The van der Waals surface area contributed by atoms with Gasteiger partial charge in [-0.1, -0.05) is 13.0 Å². The first-order valence-electron chi connectivity index (χ1n) is 13.8. The van der Waals surface area contributed by atoms with Gasteiger partial charge in [0.05, 0.1) is 14.2 Å². The summed E-state index contributed by atoms with van der Waals surface area (Å²) in [5, 5.41) is 0. The molecule has 2 aromatic rings. The predicted molar refractivity (Wildman–Crippen MR) is 144 cm³/mol. The fourth-order valence-electron chi connectivity index (χ4n) is 7.45. The molecule has 38 heavy (non-hydrogen) atoms. The van der Waals surface area contributed by atoms with Gasteiger partial charge in [0, 0.05) is 35.3 Å². The van der Waals surface area contributed by atoms with Crippen LogP contribution in [-0.4, -0.2) is 49.8 Å². The van der Waals surface area contributed by atoms with Crippen molar-refractivity contribution in [1.29, 1.82) is 0 Å². The van der Waals surface area contributed by atoms with Crippen molar-refractivity contribution in [3.63, 3.8) is 0 Å². The number of halogens is 2. The fraction of sp³-hybridized carbons (Fsp3) is 0.567. The summed E-state index contributed by atoms with van der Waals surface area (Å²) < 4.78 is 39.0. The minimum Gasteiger partial charge on any atom is -0.493 e. The van der Waals surface area contributed by atoms with E-state index in [-0.39, 0.29) is 17.5 Å². The highest BCUT2D eigenvalue weighted by Gasteiger charge is 2.54. The normalized spacial score (nSPS) is 29.5. The Balaban J connectivity index is 1.51. The molecule has 8 heteroatoms. The lowest BCUT2D eigenvalue weighted by Crippen LogP contribution is -2.56. The van der Waals surface area contributed by atoms with Crippen molar-refractivity contribution in [3.05, 3.63) is 53.6 Å². The maximum atomic E-state index is 14.2. The summed E-state index contributed by atoms with van der Waals surface area (Å²) in [5.74, 6) is 0.242. The van der Waals surface area contributed by atoms with E-state index in [1.54, 1.807) is 14.2 Å². The number of carbonyl (C=O) groups excluding carboxylic acids is 1. The second kappa shape index (κ2) is 10.7. The average molecular weight is 528 g/mol. The Morgan fingerprint density at radius 3 is 2.37 bits per heavy atom. The van der Waals surface area contributed by atoms with Crippen LogP contribution in [0.5, 0.6) is 11.5 Å². The minimum absolute atomic E-state index is 0.101. The Morgan fingerprint density at radius 2 is 1.71 bits per heavy atom. The van der Waals surface area contributed by atoms with Gasteiger partial charge in [-0.3, -0.25) is 9.80 Å². The lowest BCUT2D eigenvalue weighted by molar-refractivity contribution is 0.0783. The summed E-state index contributed by atoms with van der Waals surface area (Å²) in [4.78, 5) is 16.9. The van der Waals surface area contributed by atoms with E-state index in [1.165, 1.54) is 42.2 Å². The maximum Gasteiger partial charge on any atom is 0.319 e. The first kappa shape index (κ1) is 26.7. The Morgan fingerprint density at radius 1 is 0.974 bits per heavy atom. The summed E-state index contributed by atoms with van der Waals surface area (Å²) in [6.45, 7) is 3.32. The molecule has 2 aliphatic carbocycles. The van der Waals surface area contributed by atoms with Crippen molar-refractivity contribution in [2.75, 3.05) is 25.7 Å². The third-order valence-corrected chi connectivity index (χ3v) is 9.47. The van der Waals surface area contributed by atoms with Crippen LogP contribution in [0.4, 0.5) is 19.3 Å². The quantitative estimate of drug-likeness (QED) is 0.500. The molecule has 6 nitrogen and oxygen atoms in total. The van der Waals surface area contributed by atoms with Crippen molar-refractivity contribution in [2.45, 2.75) is 81.8 Å². The van der Waals surface area contributed by atoms with Crippen LogP contribution in [0.3, 0.4) is 0 Å². The molecule has 0 aromatic heterocycles. The van der Waals surface area contributed by atoms with E-state index < -0.39 is 17.7 Å². The molecule has 3 atom stereocenters. The summed E-state index contributed by atoms with van der Waals surface area (Å²) in [7, 11) is 3.30. The highest BCUT2D eigenvalue weighted by molar-refractivity contribution is 5.91. The Labute approximate surface area is 224 Å². The molecule has 0 spiro atoms. The lowest BCUT2D eigenvalue weighted by atomic mass is 9.64. The van der Waals surface area contributed by atoms with E-state index in [0.29, 0.717) is 36.1 Å². The van der Waals surface area contributed by atoms with Gasteiger partial charge in [0.2, 0.25) is 0 Å². The van der Waals surface area contributed by atoms with Crippen molar-refractivity contribution >= 4 is 11.7 Å². The highest BCUT2D eigenvalue weighted by Crippen LogP contribution is 2.53. The van der Waals surface area contributed by atoms with E-state index in [2.05, 4.69) is 24.0 Å². The van der Waals surface area contributed by atoms with Gasteiger partial charge in [0.25, 0.3) is 0 Å². The molecule has 0 unspecified atom stereocenters. The SMILES string of the molecule is COc1ccc([C@@]23CC[C@@H](N(C(N)=O)c4ccc(F)c(F)c4)C[C@@H]2N(C2CCC(C)CC2)CC3)cc1OC. The highest BCUT2D eigenvalue weighted by atomic mass is 19.2. The van der Waals surface area contributed by atoms with E-state index in [1.807, 2.05) is 6.07 Å². The molecule has 1 heterocycles. The smallest absolute Gasteiger partial charge is 0.319 e. The summed E-state index contributed by atoms with van der Waals surface area (Å²) in [6, 6.07) is 9.65. The first-order chi connectivity index (χ1) is 18.3. The third-order valence-electron chi connectivity index (χ3n) is 9.47. The number of nitrogens with zero attached hydrogens (tertiary/aromatic N) is 2. The number of likely N-dealkylation sites (tertiary alicyclic amines) is 1. The van der Waals surface area contributed by atoms with Gasteiger partial charge in [-0.15, -0.1) is 0 Å². The van der Waals surface area contributed by atoms with Crippen LogP contribution in [-0.2, 0) is 5.41 Å². The number of amides is 2. The molecule has 2 aromatic carbocycles. The molecule has 2 saturated carbocycles. The molecule has 5 rings (SSSR count). The zero-order valence-electron chi connectivity index (χ0n) is 22.6. The topological polar surface area (TPSA) is 68.0 Å². The maximum absolute atomic E-state index is 14.2. The largest absolute Gasteiger partial charge is 0.493 e. The first-order valence-corrected chi connectivity index (χ1v) is 13.8. The number of rotatable bonds is 6. The second-order valence-electron chi connectivity index (χ2n) is 11.4. The Bertz CT molecular complexity index is 1170. The number of primary amides is 1. The number of methoxy groups -OCH3 is 2. The fourth-order valence-corrected chi connectivity index (χ4v) is 7.45. The zero-order chi connectivity index (χ0) is 27.0. The van der Waals surface area contributed by atoms with E-state index in [0.717, 1.165) is 37.4 Å². The molecular formula is C30H39F2N3O3. The molecule has 206 valence electrons. The van der Waals surface area contributed by atoms with Gasteiger partial charge in [-0.05, 0) is 93.7 Å². The molecule has 0 radical (unpaired) electrons. The molecule has 3 fully saturated rings. The average Bonchev–Trinajstić information content (AvgIpc) is 3.30. The Hall–Kier alpha value is -2.87. The van der Waals surface area contributed by atoms with Crippen molar-refractivity contribution in [3.8, 4) is 11.5 Å². The molecular weight excluding hydrogens is 488 g/mol. The van der Waals surface area contributed by atoms with Crippen LogP contribution in [0.2, 0.25) is 0 Å². The molecule has 3 aliphatic rings.